The van der Waals surface area contributed by atoms with Gasteiger partial charge in [0.05, 0.1) is 7.11 Å². The molecule has 0 unspecified atom stereocenters. The van der Waals surface area contributed by atoms with Crippen LogP contribution in [0.1, 0.15) is 58.3 Å². The molecule has 2 aliphatic rings. The quantitative estimate of drug-likeness (QED) is 0.732. The van der Waals surface area contributed by atoms with E-state index in [1.165, 1.54) is 20.0 Å². The lowest BCUT2D eigenvalue weighted by Gasteiger charge is -2.25. The molecule has 0 aliphatic heterocycles. The van der Waals surface area contributed by atoms with Crippen molar-refractivity contribution in [3.8, 4) is 0 Å². The first kappa shape index (κ1) is 17.0. The van der Waals surface area contributed by atoms with E-state index in [1.807, 2.05) is 6.92 Å². The molecule has 3 atom stereocenters. The zero-order valence-corrected chi connectivity index (χ0v) is 13.6. The Kier molecular flexibility index (Phi) is 5.98. The summed E-state index contributed by atoms with van der Waals surface area (Å²) in [6.07, 6.45) is 6.99. The molecule has 2 fully saturated rings. The molecule has 0 aromatic heterocycles. The molecule has 1 amide bonds. The third-order valence-corrected chi connectivity index (χ3v) is 4.83. The van der Waals surface area contributed by atoms with Gasteiger partial charge < -0.3 is 10.1 Å². The van der Waals surface area contributed by atoms with Crippen molar-refractivity contribution in [3.63, 3.8) is 0 Å². The maximum absolute atomic E-state index is 12.3. The van der Waals surface area contributed by atoms with Gasteiger partial charge in [0, 0.05) is 18.3 Å². The molecule has 22 heavy (non-hydrogen) atoms. The first-order chi connectivity index (χ1) is 10.5. The van der Waals surface area contributed by atoms with Crippen molar-refractivity contribution in [3.05, 3.63) is 0 Å². The summed E-state index contributed by atoms with van der Waals surface area (Å²) in [5, 5.41) is 2.80. The normalized spacial score (nSPS) is 24.5. The van der Waals surface area contributed by atoms with E-state index in [4.69, 9.17) is 4.74 Å². The second-order valence-corrected chi connectivity index (χ2v) is 6.81. The van der Waals surface area contributed by atoms with Crippen molar-refractivity contribution in [2.24, 2.45) is 17.8 Å². The number of esters is 1. The minimum Gasteiger partial charge on any atom is -0.467 e. The van der Waals surface area contributed by atoms with Crippen LogP contribution in [0.4, 0.5) is 0 Å². The molecule has 124 valence electrons. The molecule has 0 radical (unpaired) electrons. The number of ketones is 1. The molecule has 2 rings (SSSR count). The Hall–Kier alpha value is -1.39. The van der Waals surface area contributed by atoms with Crippen molar-refractivity contribution in [2.75, 3.05) is 7.11 Å². The van der Waals surface area contributed by atoms with Gasteiger partial charge in [0.1, 0.15) is 11.8 Å². The van der Waals surface area contributed by atoms with Gasteiger partial charge in [-0.1, -0.05) is 26.2 Å². The van der Waals surface area contributed by atoms with Gasteiger partial charge in [-0.3, -0.25) is 9.59 Å². The standard InChI is InChI=1S/C17H27NO4/c1-11(9-12-7-8-12)16(20)18-14(17(21)22-2)10-13-5-3-4-6-15(13)19/h11-14H,3-10H2,1-2H3,(H,18,20)/t11-,13-,14-/m0/s1. The van der Waals surface area contributed by atoms with Crippen LogP contribution in [-0.2, 0) is 19.1 Å². The zero-order chi connectivity index (χ0) is 16.1. The van der Waals surface area contributed by atoms with Crippen molar-refractivity contribution < 1.29 is 19.1 Å². The lowest BCUT2D eigenvalue weighted by atomic mass is 9.83. The molecule has 2 aliphatic carbocycles. The summed E-state index contributed by atoms with van der Waals surface area (Å²) in [7, 11) is 1.32. The van der Waals surface area contributed by atoms with Crippen LogP contribution < -0.4 is 5.32 Å². The van der Waals surface area contributed by atoms with Crippen molar-refractivity contribution in [2.45, 2.75) is 64.3 Å². The van der Waals surface area contributed by atoms with Gasteiger partial charge >= 0.3 is 5.97 Å². The first-order valence-corrected chi connectivity index (χ1v) is 8.42. The van der Waals surface area contributed by atoms with Crippen LogP contribution in [-0.4, -0.2) is 30.8 Å². The highest BCUT2D eigenvalue weighted by atomic mass is 16.5. The highest BCUT2D eigenvalue weighted by Gasteiger charge is 2.32. The Bertz CT molecular complexity index is 430. The maximum atomic E-state index is 12.3. The van der Waals surface area contributed by atoms with Crippen LogP contribution in [0.2, 0.25) is 0 Å². The Balaban J connectivity index is 1.91. The highest BCUT2D eigenvalue weighted by Crippen LogP contribution is 2.35. The maximum Gasteiger partial charge on any atom is 0.328 e. The number of rotatable bonds is 7. The lowest BCUT2D eigenvalue weighted by Crippen LogP contribution is -2.45. The van der Waals surface area contributed by atoms with Gasteiger partial charge in [-0.05, 0) is 31.6 Å². The summed E-state index contributed by atoms with van der Waals surface area (Å²) >= 11 is 0. The molecule has 0 heterocycles. The summed E-state index contributed by atoms with van der Waals surface area (Å²) in [4.78, 5) is 36.1. The predicted octanol–water partition coefficient (Wildman–Crippen LogP) is 2.23. The monoisotopic (exact) mass is 309 g/mol. The minimum absolute atomic E-state index is 0.0956. The van der Waals surface area contributed by atoms with E-state index in [9.17, 15) is 14.4 Å². The third kappa shape index (κ3) is 4.82. The van der Waals surface area contributed by atoms with E-state index in [2.05, 4.69) is 5.32 Å². The number of hydrogen-bond donors (Lipinski definition) is 1. The van der Waals surface area contributed by atoms with Crippen LogP contribution in [0.3, 0.4) is 0 Å². The number of nitrogens with one attached hydrogen (secondary N) is 1. The molecule has 5 heteroatoms. The fourth-order valence-corrected chi connectivity index (χ4v) is 3.22. The largest absolute Gasteiger partial charge is 0.467 e. The molecule has 0 bridgehead atoms. The molecule has 5 nitrogen and oxygen atoms in total. The van der Waals surface area contributed by atoms with E-state index in [0.29, 0.717) is 18.8 Å². The number of hydrogen-bond acceptors (Lipinski definition) is 4. The average Bonchev–Trinajstić information content (AvgIpc) is 3.31. The summed E-state index contributed by atoms with van der Waals surface area (Å²) < 4.78 is 4.80. The van der Waals surface area contributed by atoms with Crippen LogP contribution in [0, 0.1) is 17.8 Å². The Morgan fingerprint density at radius 3 is 2.55 bits per heavy atom. The van der Waals surface area contributed by atoms with E-state index in [1.54, 1.807) is 0 Å². The smallest absolute Gasteiger partial charge is 0.328 e. The molecule has 0 spiro atoms. The number of methoxy groups -OCH3 is 1. The van der Waals surface area contributed by atoms with Crippen LogP contribution >= 0.6 is 0 Å². The van der Waals surface area contributed by atoms with Crippen LogP contribution in [0.15, 0.2) is 0 Å². The van der Waals surface area contributed by atoms with Gasteiger partial charge in [0.15, 0.2) is 0 Å². The zero-order valence-electron chi connectivity index (χ0n) is 13.6. The Morgan fingerprint density at radius 1 is 1.23 bits per heavy atom. The van der Waals surface area contributed by atoms with Crippen molar-refractivity contribution in [1.82, 2.24) is 5.32 Å². The second kappa shape index (κ2) is 7.75. The van der Waals surface area contributed by atoms with Gasteiger partial charge in [0.2, 0.25) is 5.91 Å². The molecule has 0 saturated heterocycles. The topological polar surface area (TPSA) is 72.5 Å². The highest BCUT2D eigenvalue weighted by molar-refractivity contribution is 5.87. The van der Waals surface area contributed by atoms with Crippen LogP contribution in [0.5, 0.6) is 0 Å². The van der Waals surface area contributed by atoms with E-state index in [-0.39, 0.29) is 23.5 Å². The lowest BCUT2D eigenvalue weighted by molar-refractivity contribution is -0.146. The summed E-state index contributed by atoms with van der Waals surface area (Å²) in [6.45, 7) is 1.90. The van der Waals surface area contributed by atoms with Crippen molar-refractivity contribution >= 4 is 17.7 Å². The number of amides is 1. The minimum atomic E-state index is -0.703. The molecular weight excluding hydrogens is 282 g/mol. The molecule has 0 aromatic carbocycles. The molecule has 0 aromatic rings. The fraction of sp³-hybridized carbons (Fsp3) is 0.824. The Morgan fingerprint density at radius 2 is 1.95 bits per heavy atom. The third-order valence-electron chi connectivity index (χ3n) is 4.83. The van der Waals surface area contributed by atoms with E-state index >= 15 is 0 Å². The molecular formula is C17H27NO4. The number of ether oxygens (including phenoxy) is 1. The predicted molar refractivity (Wildman–Crippen MR) is 82.0 cm³/mol. The fourth-order valence-electron chi connectivity index (χ4n) is 3.22. The van der Waals surface area contributed by atoms with E-state index in [0.717, 1.165) is 25.7 Å². The Labute approximate surface area is 132 Å². The van der Waals surface area contributed by atoms with Gasteiger partial charge in [0.25, 0.3) is 0 Å². The summed E-state index contributed by atoms with van der Waals surface area (Å²) in [5.41, 5.74) is 0. The van der Waals surface area contributed by atoms with Gasteiger partial charge in [-0.25, -0.2) is 4.79 Å². The molecule has 2 saturated carbocycles. The summed E-state index contributed by atoms with van der Waals surface area (Å²) in [6, 6.07) is -0.703. The first-order valence-electron chi connectivity index (χ1n) is 8.42. The van der Waals surface area contributed by atoms with Gasteiger partial charge in [-0.15, -0.1) is 0 Å². The summed E-state index contributed by atoms with van der Waals surface area (Å²) in [5.74, 6) is 0.0900. The number of carbonyl (C=O) groups is 3. The van der Waals surface area contributed by atoms with Crippen molar-refractivity contribution in [1.29, 1.82) is 0 Å². The van der Waals surface area contributed by atoms with Gasteiger partial charge in [-0.2, -0.15) is 0 Å². The number of Topliss-reactive ketones (excluding diaryl/α,β-unsaturated/α-hetero) is 1. The second-order valence-electron chi connectivity index (χ2n) is 6.81. The molecule has 1 N–H and O–H groups in total. The SMILES string of the molecule is COC(=O)[C@H](C[C@@H]1CCCCC1=O)NC(=O)[C@@H](C)CC1CC1. The van der Waals surface area contributed by atoms with Crippen LogP contribution in [0.25, 0.3) is 0 Å². The number of carbonyl (C=O) groups excluding carboxylic acids is 3. The average molecular weight is 309 g/mol. The van der Waals surface area contributed by atoms with E-state index < -0.39 is 12.0 Å².